The van der Waals surface area contributed by atoms with Gasteiger partial charge in [0.15, 0.2) is 9.84 Å². The lowest BCUT2D eigenvalue weighted by atomic mass is 9.81. The number of nitrogens with two attached hydrogens (primary N) is 1. The minimum atomic E-state index is -3.14. The van der Waals surface area contributed by atoms with Crippen LogP contribution in [-0.4, -0.2) is 35.7 Å². The summed E-state index contributed by atoms with van der Waals surface area (Å²) in [7, 11) is -3.14. The van der Waals surface area contributed by atoms with Crippen LogP contribution in [0.3, 0.4) is 0 Å². The lowest BCUT2D eigenvalue weighted by Crippen LogP contribution is -2.41. The molecular formula is C12H25NO3S. The van der Waals surface area contributed by atoms with Crippen LogP contribution in [0.1, 0.15) is 52.9 Å². The van der Waals surface area contributed by atoms with E-state index in [1.54, 1.807) is 20.8 Å². The fraction of sp³-hybridized carbons (Fsp3) is 1.00. The molecule has 0 radical (unpaired) electrons. The van der Waals surface area contributed by atoms with Crippen molar-refractivity contribution in [2.75, 3.05) is 5.75 Å². The van der Waals surface area contributed by atoms with Crippen molar-refractivity contribution in [1.29, 1.82) is 0 Å². The predicted molar refractivity (Wildman–Crippen MR) is 69.6 cm³/mol. The standard InChI is InChI=1S/C12H25NO3S/c1-11(2,3)17(15,16)9-8-12(14)6-4-10(13)5-7-12/h10,14H,4-9,13H2,1-3H3. The zero-order valence-corrected chi connectivity index (χ0v) is 11.9. The first-order chi connectivity index (χ1) is 7.56. The van der Waals surface area contributed by atoms with Crippen molar-refractivity contribution in [2.45, 2.75) is 69.3 Å². The molecule has 1 saturated carbocycles. The van der Waals surface area contributed by atoms with Gasteiger partial charge < -0.3 is 10.8 Å². The van der Waals surface area contributed by atoms with E-state index in [4.69, 9.17) is 5.73 Å². The van der Waals surface area contributed by atoms with Gasteiger partial charge in [-0.1, -0.05) is 0 Å². The highest BCUT2D eigenvalue weighted by Gasteiger charge is 2.36. The summed E-state index contributed by atoms with van der Waals surface area (Å²) in [6.45, 7) is 5.09. The van der Waals surface area contributed by atoms with Crippen LogP contribution in [-0.2, 0) is 9.84 Å². The van der Waals surface area contributed by atoms with Gasteiger partial charge >= 0.3 is 0 Å². The van der Waals surface area contributed by atoms with Crippen LogP contribution in [0.25, 0.3) is 0 Å². The topological polar surface area (TPSA) is 80.4 Å². The van der Waals surface area contributed by atoms with Crippen LogP contribution in [0.4, 0.5) is 0 Å². The van der Waals surface area contributed by atoms with Crippen LogP contribution >= 0.6 is 0 Å². The van der Waals surface area contributed by atoms with E-state index in [0.29, 0.717) is 19.3 Å². The Morgan fingerprint density at radius 3 is 2.18 bits per heavy atom. The highest BCUT2D eigenvalue weighted by molar-refractivity contribution is 7.92. The van der Waals surface area contributed by atoms with Crippen molar-refractivity contribution in [3.8, 4) is 0 Å². The minimum absolute atomic E-state index is 0.0578. The second-order valence-electron chi connectivity index (χ2n) is 6.24. The molecule has 0 aromatic rings. The van der Waals surface area contributed by atoms with Crippen LogP contribution in [0, 0.1) is 0 Å². The number of hydrogen-bond donors (Lipinski definition) is 2. The molecule has 102 valence electrons. The summed E-state index contributed by atoms with van der Waals surface area (Å²) in [6, 6.07) is 0.162. The molecule has 1 aliphatic rings. The first kappa shape index (κ1) is 14.9. The van der Waals surface area contributed by atoms with Crippen molar-refractivity contribution >= 4 is 9.84 Å². The Morgan fingerprint density at radius 1 is 1.29 bits per heavy atom. The second kappa shape index (κ2) is 4.86. The lowest BCUT2D eigenvalue weighted by molar-refractivity contribution is -0.00288. The smallest absolute Gasteiger partial charge is 0.155 e. The Balaban J connectivity index is 2.57. The Labute approximate surface area is 105 Å². The van der Waals surface area contributed by atoms with E-state index in [2.05, 4.69) is 0 Å². The van der Waals surface area contributed by atoms with Crippen molar-refractivity contribution in [3.05, 3.63) is 0 Å². The molecule has 5 heteroatoms. The van der Waals surface area contributed by atoms with E-state index in [1.165, 1.54) is 0 Å². The van der Waals surface area contributed by atoms with Crippen LogP contribution in [0.2, 0.25) is 0 Å². The van der Waals surface area contributed by atoms with Crippen molar-refractivity contribution < 1.29 is 13.5 Å². The zero-order chi connectivity index (χ0) is 13.3. The maximum atomic E-state index is 12.0. The molecule has 1 rings (SSSR count). The van der Waals surface area contributed by atoms with Crippen molar-refractivity contribution in [1.82, 2.24) is 0 Å². The Morgan fingerprint density at radius 2 is 1.76 bits per heavy atom. The summed E-state index contributed by atoms with van der Waals surface area (Å²) < 4.78 is 23.2. The van der Waals surface area contributed by atoms with Gasteiger partial charge in [-0.2, -0.15) is 0 Å². The molecule has 0 heterocycles. The van der Waals surface area contributed by atoms with Gasteiger partial charge in [-0.05, 0) is 52.9 Å². The number of sulfone groups is 1. The summed E-state index contributed by atoms with van der Waals surface area (Å²) >= 11 is 0. The van der Waals surface area contributed by atoms with E-state index in [9.17, 15) is 13.5 Å². The largest absolute Gasteiger partial charge is 0.390 e. The summed E-state index contributed by atoms with van der Waals surface area (Å²) in [5.41, 5.74) is 4.95. The number of rotatable bonds is 3. The van der Waals surface area contributed by atoms with Crippen LogP contribution in [0.15, 0.2) is 0 Å². The summed E-state index contributed by atoms with van der Waals surface area (Å²) in [5.74, 6) is 0.0578. The molecule has 0 unspecified atom stereocenters. The van der Waals surface area contributed by atoms with E-state index < -0.39 is 20.2 Å². The normalized spacial score (nSPS) is 31.5. The molecule has 1 aliphatic carbocycles. The quantitative estimate of drug-likeness (QED) is 0.802. The highest BCUT2D eigenvalue weighted by Crippen LogP contribution is 2.31. The van der Waals surface area contributed by atoms with Gasteiger partial charge in [-0.15, -0.1) is 0 Å². The molecule has 1 fully saturated rings. The van der Waals surface area contributed by atoms with Crippen LogP contribution < -0.4 is 5.73 Å². The van der Waals surface area contributed by atoms with Crippen LogP contribution in [0.5, 0.6) is 0 Å². The summed E-state index contributed by atoms with van der Waals surface area (Å²) in [5, 5.41) is 10.3. The first-order valence-electron chi connectivity index (χ1n) is 6.26. The van der Waals surface area contributed by atoms with Gasteiger partial charge in [0, 0.05) is 6.04 Å². The molecule has 4 nitrogen and oxygen atoms in total. The van der Waals surface area contributed by atoms with Gasteiger partial charge in [0.2, 0.25) is 0 Å². The van der Waals surface area contributed by atoms with Gasteiger partial charge in [-0.3, -0.25) is 0 Å². The molecule has 0 spiro atoms. The lowest BCUT2D eigenvalue weighted by Gasteiger charge is -2.35. The molecule has 17 heavy (non-hydrogen) atoms. The maximum absolute atomic E-state index is 12.0. The Bertz CT molecular complexity index is 348. The zero-order valence-electron chi connectivity index (χ0n) is 11.1. The van der Waals surface area contributed by atoms with E-state index in [0.717, 1.165) is 12.8 Å². The number of hydrogen-bond acceptors (Lipinski definition) is 4. The molecule has 0 bridgehead atoms. The summed E-state index contributed by atoms with van der Waals surface area (Å²) in [6.07, 6.45) is 3.14. The van der Waals surface area contributed by atoms with Gasteiger partial charge in [-0.25, -0.2) is 8.42 Å². The molecule has 0 amide bonds. The molecule has 0 aliphatic heterocycles. The highest BCUT2D eigenvalue weighted by atomic mass is 32.2. The van der Waals surface area contributed by atoms with E-state index in [-0.39, 0.29) is 11.8 Å². The molecular weight excluding hydrogens is 238 g/mol. The number of aliphatic hydroxyl groups is 1. The molecule has 0 aromatic heterocycles. The predicted octanol–water partition coefficient (Wildman–Crippen LogP) is 1.22. The third kappa shape index (κ3) is 3.93. The monoisotopic (exact) mass is 263 g/mol. The molecule has 3 N–H and O–H groups in total. The van der Waals surface area contributed by atoms with E-state index >= 15 is 0 Å². The molecule has 0 atom stereocenters. The summed E-state index contributed by atoms with van der Waals surface area (Å²) in [4.78, 5) is 0. The SMILES string of the molecule is CC(C)(C)S(=O)(=O)CCC1(O)CCC(N)CC1. The van der Waals surface area contributed by atoms with Crippen molar-refractivity contribution in [3.63, 3.8) is 0 Å². The molecule has 0 saturated heterocycles. The third-order valence-electron chi connectivity index (χ3n) is 3.73. The maximum Gasteiger partial charge on any atom is 0.155 e. The van der Waals surface area contributed by atoms with Gasteiger partial charge in [0.25, 0.3) is 0 Å². The van der Waals surface area contributed by atoms with Gasteiger partial charge in [0.1, 0.15) is 0 Å². The van der Waals surface area contributed by atoms with Gasteiger partial charge in [0.05, 0.1) is 16.1 Å². The Kier molecular flexibility index (Phi) is 4.27. The average molecular weight is 263 g/mol. The fourth-order valence-corrected chi connectivity index (χ4v) is 3.32. The van der Waals surface area contributed by atoms with Crippen molar-refractivity contribution in [2.24, 2.45) is 5.73 Å². The third-order valence-corrected chi connectivity index (χ3v) is 6.34. The van der Waals surface area contributed by atoms with E-state index in [1.807, 2.05) is 0 Å². The Hall–Kier alpha value is -0.130. The average Bonchev–Trinajstić information content (AvgIpc) is 2.19. The minimum Gasteiger partial charge on any atom is -0.390 e. The first-order valence-corrected chi connectivity index (χ1v) is 7.91. The second-order valence-corrected chi connectivity index (χ2v) is 9.11. The fourth-order valence-electron chi connectivity index (χ4n) is 2.06. The molecule has 0 aromatic carbocycles.